The Balaban J connectivity index is 1.36. The fourth-order valence-electron chi connectivity index (χ4n) is 4.62. The van der Waals surface area contributed by atoms with E-state index in [2.05, 4.69) is 16.3 Å². The van der Waals surface area contributed by atoms with E-state index in [9.17, 15) is 14.4 Å². The summed E-state index contributed by atoms with van der Waals surface area (Å²) in [5.74, 6) is 0.188. The molecule has 7 heteroatoms. The highest BCUT2D eigenvalue weighted by Crippen LogP contribution is 2.33. The zero-order chi connectivity index (χ0) is 21.3. The predicted molar refractivity (Wildman–Crippen MR) is 114 cm³/mol. The molecule has 0 radical (unpaired) electrons. The van der Waals surface area contributed by atoms with Crippen molar-refractivity contribution in [3.8, 4) is 0 Å². The van der Waals surface area contributed by atoms with Crippen LogP contribution in [0.15, 0.2) is 24.3 Å². The van der Waals surface area contributed by atoms with Crippen LogP contribution < -0.4 is 5.32 Å². The van der Waals surface area contributed by atoms with E-state index in [4.69, 9.17) is 0 Å². The molecule has 162 valence electrons. The maximum absolute atomic E-state index is 13.1. The predicted octanol–water partition coefficient (Wildman–Crippen LogP) is 1.33. The van der Waals surface area contributed by atoms with Gasteiger partial charge in [0.05, 0.1) is 18.5 Å². The van der Waals surface area contributed by atoms with Gasteiger partial charge in [-0.1, -0.05) is 24.3 Å². The van der Waals surface area contributed by atoms with E-state index in [0.717, 1.165) is 24.8 Å². The number of amides is 3. The van der Waals surface area contributed by atoms with Crippen molar-refractivity contribution < 1.29 is 14.4 Å². The molecule has 1 aromatic carbocycles. The minimum absolute atomic E-state index is 0.0163. The molecule has 0 spiro atoms. The Morgan fingerprint density at radius 3 is 2.43 bits per heavy atom. The summed E-state index contributed by atoms with van der Waals surface area (Å²) in [7, 11) is 0. The lowest BCUT2D eigenvalue weighted by Gasteiger charge is -2.40. The van der Waals surface area contributed by atoms with Crippen LogP contribution in [0, 0.1) is 0 Å². The molecule has 1 aliphatic carbocycles. The van der Waals surface area contributed by atoms with Crippen LogP contribution in [-0.2, 0) is 20.8 Å². The Bertz CT molecular complexity index is 814. The lowest BCUT2D eigenvalue weighted by molar-refractivity contribution is -0.138. The van der Waals surface area contributed by atoms with Crippen molar-refractivity contribution in [2.45, 2.75) is 57.7 Å². The third-order valence-corrected chi connectivity index (χ3v) is 6.70. The third kappa shape index (κ3) is 4.51. The summed E-state index contributed by atoms with van der Waals surface area (Å²) in [6.45, 7) is 6.82. The molecule has 2 heterocycles. The second-order valence-corrected chi connectivity index (χ2v) is 8.76. The van der Waals surface area contributed by atoms with Gasteiger partial charge in [0, 0.05) is 45.7 Å². The maximum Gasteiger partial charge on any atom is 0.237 e. The van der Waals surface area contributed by atoms with Crippen LogP contribution in [0.1, 0.15) is 50.3 Å². The number of hydrogen-bond donors (Lipinski definition) is 1. The molecule has 3 amide bonds. The van der Waals surface area contributed by atoms with Crippen molar-refractivity contribution in [3.05, 3.63) is 35.4 Å². The smallest absolute Gasteiger partial charge is 0.237 e. The Morgan fingerprint density at radius 2 is 1.77 bits per heavy atom. The maximum atomic E-state index is 13.1. The van der Waals surface area contributed by atoms with E-state index in [1.165, 1.54) is 5.56 Å². The van der Waals surface area contributed by atoms with Crippen molar-refractivity contribution in [1.82, 2.24) is 20.0 Å². The largest absolute Gasteiger partial charge is 0.352 e. The van der Waals surface area contributed by atoms with Gasteiger partial charge in [0.2, 0.25) is 17.7 Å². The van der Waals surface area contributed by atoms with Crippen molar-refractivity contribution in [3.63, 3.8) is 0 Å². The molecule has 3 aliphatic rings. The number of hydrogen-bond acceptors (Lipinski definition) is 4. The van der Waals surface area contributed by atoms with E-state index in [1.54, 1.807) is 6.92 Å². The average Bonchev–Trinajstić information content (AvgIpc) is 3.57. The van der Waals surface area contributed by atoms with Crippen LogP contribution in [0.5, 0.6) is 0 Å². The van der Waals surface area contributed by atoms with Crippen LogP contribution in [0.3, 0.4) is 0 Å². The number of rotatable bonds is 5. The van der Waals surface area contributed by atoms with Crippen molar-refractivity contribution in [1.29, 1.82) is 0 Å². The fourth-order valence-corrected chi connectivity index (χ4v) is 4.62. The molecular weight excluding hydrogens is 380 g/mol. The number of piperazine rings is 1. The van der Waals surface area contributed by atoms with Crippen molar-refractivity contribution in [2.75, 3.05) is 32.7 Å². The van der Waals surface area contributed by atoms with Crippen LogP contribution in [0.2, 0.25) is 0 Å². The molecule has 1 saturated carbocycles. The van der Waals surface area contributed by atoms with E-state index in [0.29, 0.717) is 45.2 Å². The molecule has 0 aromatic heterocycles. The first kappa shape index (κ1) is 20.8. The molecule has 30 heavy (non-hydrogen) atoms. The summed E-state index contributed by atoms with van der Waals surface area (Å²) in [6.07, 6.45) is 3.32. The highest BCUT2D eigenvalue weighted by molar-refractivity contribution is 5.82. The molecular formula is C23H32N4O3. The number of carbonyl (C=O) groups excluding carboxylic acids is 3. The number of carbonyl (C=O) groups is 3. The van der Waals surface area contributed by atoms with Crippen LogP contribution >= 0.6 is 0 Å². The van der Waals surface area contributed by atoms with Gasteiger partial charge in [-0.3, -0.25) is 19.3 Å². The first-order chi connectivity index (χ1) is 14.4. The summed E-state index contributed by atoms with van der Waals surface area (Å²) in [5.41, 5.74) is 2.32. The van der Waals surface area contributed by atoms with Gasteiger partial charge in [-0.2, -0.15) is 0 Å². The van der Waals surface area contributed by atoms with Gasteiger partial charge >= 0.3 is 0 Å². The first-order valence-corrected chi connectivity index (χ1v) is 11.1. The molecule has 2 atom stereocenters. The molecule has 2 fully saturated rings. The summed E-state index contributed by atoms with van der Waals surface area (Å²) in [6, 6.07) is 8.14. The second-order valence-electron chi connectivity index (χ2n) is 8.76. The van der Waals surface area contributed by atoms with Crippen LogP contribution in [-0.4, -0.2) is 77.2 Å². The Labute approximate surface area is 178 Å². The Kier molecular flexibility index (Phi) is 6.09. The highest BCUT2D eigenvalue weighted by Gasteiger charge is 2.34. The minimum Gasteiger partial charge on any atom is -0.352 e. The van der Waals surface area contributed by atoms with Gasteiger partial charge in [-0.05, 0) is 37.3 Å². The molecule has 2 unspecified atom stereocenters. The number of nitrogens with one attached hydrogen (secondary N) is 1. The first-order valence-electron chi connectivity index (χ1n) is 11.1. The van der Waals surface area contributed by atoms with Crippen molar-refractivity contribution >= 4 is 17.7 Å². The SMILES string of the molecule is CC(=O)N1CCc2ccccc2C1CC(=O)N1CCN(C(C)C(=O)NC2CC2)CC1. The molecule has 1 aromatic rings. The quantitative estimate of drug-likeness (QED) is 0.792. The zero-order valence-electron chi connectivity index (χ0n) is 18.0. The monoisotopic (exact) mass is 412 g/mol. The van der Waals surface area contributed by atoms with Gasteiger partial charge in [0.15, 0.2) is 0 Å². The highest BCUT2D eigenvalue weighted by atomic mass is 16.2. The average molecular weight is 413 g/mol. The topological polar surface area (TPSA) is 73.0 Å². The molecule has 7 nitrogen and oxygen atoms in total. The number of nitrogens with zero attached hydrogens (tertiary/aromatic N) is 3. The van der Waals surface area contributed by atoms with E-state index in [1.807, 2.05) is 34.9 Å². The summed E-state index contributed by atoms with van der Waals surface area (Å²) < 4.78 is 0. The summed E-state index contributed by atoms with van der Waals surface area (Å²) in [4.78, 5) is 43.5. The molecule has 2 aliphatic heterocycles. The van der Waals surface area contributed by atoms with Crippen LogP contribution in [0.25, 0.3) is 0 Å². The van der Waals surface area contributed by atoms with E-state index in [-0.39, 0.29) is 29.8 Å². The molecule has 1 saturated heterocycles. The minimum atomic E-state index is -0.193. The fraction of sp³-hybridized carbons (Fsp3) is 0.609. The molecule has 1 N–H and O–H groups in total. The number of benzene rings is 1. The Hall–Kier alpha value is -2.41. The van der Waals surface area contributed by atoms with E-state index >= 15 is 0 Å². The molecule has 4 rings (SSSR count). The standard InChI is InChI=1S/C23H32N4O3/c1-16(23(30)24-19-7-8-19)25-11-13-26(14-12-25)22(29)15-21-20-6-4-3-5-18(20)9-10-27(21)17(2)28/h3-6,16,19,21H,7-15H2,1-2H3,(H,24,30). The van der Waals surface area contributed by atoms with E-state index < -0.39 is 0 Å². The Morgan fingerprint density at radius 1 is 1.07 bits per heavy atom. The van der Waals surface area contributed by atoms with Crippen molar-refractivity contribution in [2.24, 2.45) is 0 Å². The number of fused-ring (bicyclic) bond motifs is 1. The normalized spacial score (nSPS) is 22.9. The lowest BCUT2D eigenvalue weighted by Crippen LogP contribution is -2.55. The van der Waals surface area contributed by atoms with Gasteiger partial charge in [-0.15, -0.1) is 0 Å². The van der Waals surface area contributed by atoms with Gasteiger partial charge in [-0.25, -0.2) is 0 Å². The van der Waals surface area contributed by atoms with Gasteiger partial charge in [0.1, 0.15) is 0 Å². The zero-order valence-corrected chi connectivity index (χ0v) is 18.0. The van der Waals surface area contributed by atoms with Gasteiger partial charge in [0.25, 0.3) is 0 Å². The summed E-state index contributed by atoms with van der Waals surface area (Å²) >= 11 is 0. The lowest BCUT2D eigenvalue weighted by atomic mass is 9.90. The van der Waals surface area contributed by atoms with Gasteiger partial charge < -0.3 is 15.1 Å². The molecule has 0 bridgehead atoms. The third-order valence-electron chi connectivity index (χ3n) is 6.70. The summed E-state index contributed by atoms with van der Waals surface area (Å²) in [5, 5.41) is 3.07. The van der Waals surface area contributed by atoms with Crippen LogP contribution in [0.4, 0.5) is 0 Å². The second kappa shape index (κ2) is 8.76.